The summed E-state index contributed by atoms with van der Waals surface area (Å²) in [4.78, 5) is 11.8. The largest absolute Gasteiger partial charge is 0.359 e. The molecule has 1 aliphatic carbocycles. The summed E-state index contributed by atoms with van der Waals surface area (Å²) < 4.78 is 10.4. The van der Waals surface area contributed by atoms with Gasteiger partial charge in [-0.3, -0.25) is 4.79 Å². The molecule has 0 aromatic heterocycles. The maximum Gasteiger partial charge on any atom is 0.147 e. The summed E-state index contributed by atoms with van der Waals surface area (Å²) in [6.45, 7) is 2.14. The van der Waals surface area contributed by atoms with E-state index in [2.05, 4.69) is 17.9 Å². The van der Waals surface area contributed by atoms with E-state index in [9.17, 15) is 4.79 Å². The van der Waals surface area contributed by atoms with Crippen LogP contribution in [0, 0.1) is 17.8 Å². The molecule has 0 aliphatic heterocycles. The van der Waals surface area contributed by atoms with Crippen molar-refractivity contribution in [3.8, 4) is 11.8 Å². The molecule has 3 nitrogen and oxygen atoms in total. The molecule has 0 spiro atoms. The third-order valence-corrected chi connectivity index (χ3v) is 2.90. The molecule has 1 aliphatic rings. The normalized spacial score (nSPS) is 27.6. The lowest BCUT2D eigenvalue weighted by Crippen LogP contribution is -2.16. The van der Waals surface area contributed by atoms with Gasteiger partial charge < -0.3 is 9.47 Å². The number of rotatable bonds is 3. The summed E-state index contributed by atoms with van der Waals surface area (Å²) in [6.07, 6.45) is 8.20. The van der Waals surface area contributed by atoms with Gasteiger partial charge in [-0.2, -0.15) is 0 Å². The molecule has 3 heteroatoms. The Bertz CT molecular complexity index is 335. The first-order valence-corrected chi connectivity index (χ1v) is 6.52. The van der Waals surface area contributed by atoms with E-state index >= 15 is 0 Å². The van der Waals surface area contributed by atoms with Crippen LogP contribution < -0.4 is 0 Å². The average molecular weight is 250 g/mol. The van der Waals surface area contributed by atoms with Gasteiger partial charge in [0.1, 0.15) is 12.6 Å². The smallest absolute Gasteiger partial charge is 0.147 e. The number of methoxy groups -OCH3 is 1. The Labute approximate surface area is 110 Å². The van der Waals surface area contributed by atoms with Crippen LogP contribution in [0.1, 0.15) is 39.0 Å². The Morgan fingerprint density at radius 3 is 3.11 bits per heavy atom. The van der Waals surface area contributed by atoms with E-state index in [4.69, 9.17) is 9.47 Å². The molecule has 0 aromatic rings. The Morgan fingerprint density at radius 2 is 2.33 bits per heavy atom. The van der Waals surface area contributed by atoms with Crippen LogP contribution in [0.3, 0.4) is 0 Å². The van der Waals surface area contributed by atoms with Gasteiger partial charge in [0.15, 0.2) is 0 Å². The molecule has 0 amide bonds. The van der Waals surface area contributed by atoms with Gasteiger partial charge in [-0.25, -0.2) is 0 Å². The van der Waals surface area contributed by atoms with Gasteiger partial charge in [0.25, 0.3) is 0 Å². The van der Waals surface area contributed by atoms with Crippen molar-refractivity contribution in [1.29, 1.82) is 0 Å². The first-order valence-electron chi connectivity index (χ1n) is 6.52. The van der Waals surface area contributed by atoms with Crippen LogP contribution in [0.15, 0.2) is 12.2 Å². The maximum atomic E-state index is 11.8. The first-order chi connectivity index (χ1) is 8.74. The van der Waals surface area contributed by atoms with Gasteiger partial charge in [-0.15, -0.1) is 5.92 Å². The maximum absolute atomic E-state index is 11.8. The first kappa shape index (κ1) is 14.9. The Balaban J connectivity index is 2.58. The molecule has 100 valence electrons. The lowest BCUT2D eigenvalue weighted by molar-refractivity contribution is -0.122. The standard InChI is InChI=1S/C15H22O3/c1-13-8-6-4-3-5-7-9-14(18-12-17-2)10-11-15(13)16/h7,9,13-14H,3-5,10-12H2,1-2H3/b9-7+. The number of hydrogen-bond acceptors (Lipinski definition) is 3. The minimum Gasteiger partial charge on any atom is -0.359 e. The second-order valence-electron chi connectivity index (χ2n) is 4.48. The summed E-state index contributed by atoms with van der Waals surface area (Å²) in [6, 6.07) is 0. The van der Waals surface area contributed by atoms with Crippen LogP contribution in [0.5, 0.6) is 0 Å². The molecule has 0 N–H and O–H groups in total. The zero-order chi connectivity index (χ0) is 13.2. The number of ketones is 1. The summed E-state index contributed by atoms with van der Waals surface area (Å²) >= 11 is 0. The second kappa shape index (κ2) is 8.91. The van der Waals surface area contributed by atoms with Crippen molar-refractivity contribution in [2.75, 3.05) is 13.9 Å². The second-order valence-corrected chi connectivity index (χ2v) is 4.48. The van der Waals surface area contributed by atoms with Crippen molar-refractivity contribution >= 4 is 5.78 Å². The lowest BCUT2D eigenvalue weighted by Gasteiger charge is -2.14. The highest BCUT2D eigenvalue weighted by molar-refractivity contribution is 5.83. The van der Waals surface area contributed by atoms with E-state index in [1.807, 2.05) is 13.0 Å². The zero-order valence-electron chi connectivity index (χ0n) is 11.3. The van der Waals surface area contributed by atoms with E-state index in [1.54, 1.807) is 7.11 Å². The summed E-state index contributed by atoms with van der Waals surface area (Å²) in [5, 5.41) is 0. The van der Waals surface area contributed by atoms with Crippen LogP contribution in [0.2, 0.25) is 0 Å². The molecule has 0 fully saturated rings. The van der Waals surface area contributed by atoms with Gasteiger partial charge in [0, 0.05) is 20.0 Å². The highest BCUT2D eigenvalue weighted by atomic mass is 16.7. The van der Waals surface area contributed by atoms with Gasteiger partial charge in [0.05, 0.1) is 12.0 Å². The molecule has 0 heterocycles. The van der Waals surface area contributed by atoms with E-state index in [1.165, 1.54) is 0 Å². The van der Waals surface area contributed by atoms with Crippen LogP contribution in [-0.2, 0) is 14.3 Å². The Kier molecular flexibility index (Phi) is 7.40. The van der Waals surface area contributed by atoms with Crippen molar-refractivity contribution in [3.05, 3.63) is 12.2 Å². The SMILES string of the molecule is COCOC1/C=C/CCCC#CC(C)C(=O)CC1. The molecule has 0 aromatic carbocycles. The fourth-order valence-corrected chi connectivity index (χ4v) is 1.75. The highest BCUT2D eigenvalue weighted by Crippen LogP contribution is 2.11. The molecule has 18 heavy (non-hydrogen) atoms. The fourth-order valence-electron chi connectivity index (χ4n) is 1.75. The van der Waals surface area contributed by atoms with Gasteiger partial charge in [0.2, 0.25) is 0 Å². The lowest BCUT2D eigenvalue weighted by atomic mass is 10.00. The third kappa shape index (κ3) is 6.00. The van der Waals surface area contributed by atoms with Crippen molar-refractivity contribution < 1.29 is 14.3 Å². The van der Waals surface area contributed by atoms with E-state index in [0.717, 1.165) is 19.3 Å². The number of carbonyl (C=O) groups excluding carboxylic acids is 1. The zero-order valence-corrected chi connectivity index (χ0v) is 11.3. The van der Waals surface area contributed by atoms with Crippen LogP contribution in [0.25, 0.3) is 0 Å². The average Bonchev–Trinajstić information content (AvgIpc) is 2.37. The van der Waals surface area contributed by atoms with E-state index in [0.29, 0.717) is 12.8 Å². The quantitative estimate of drug-likeness (QED) is 0.439. The van der Waals surface area contributed by atoms with E-state index in [-0.39, 0.29) is 24.6 Å². The number of Topliss-reactive ketones (excluding diaryl/α,β-unsaturated/α-hetero) is 1. The number of allylic oxidation sites excluding steroid dienone is 1. The molecule has 0 saturated carbocycles. The predicted octanol–water partition coefficient (Wildman–Crippen LogP) is 2.70. The molecule has 0 bridgehead atoms. The third-order valence-electron chi connectivity index (χ3n) is 2.90. The van der Waals surface area contributed by atoms with Crippen molar-refractivity contribution in [3.63, 3.8) is 0 Å². The Morgan fingerprint density at radius 1 is 1.50 bits per heavy atom. The van der Waals surface area contributed by atoms with E-state index < -0.39 is 0 Å². The minimum atomic E-state index is -0.156. The molecule has 1 rings (SSSR count). The molecular formula is C15H22O3. The van der Waals surface area contributed by atoms with Gasteiger partial charge in [-0.05, 0) is 26.2 Å². The van der Waals surface area contributed by atoms with Crippen molar-refractivity contribution in [1.82, 2.24) is 0 Å². The van der Waals surface area contributed by atoms with Crippen molar-refractivity contribution in [2.24, 2.45) is 5.92 Å². The molecule has 2 atom stereocenters. The monoisotopic (exact) mass is 250 g/mol. The summed E-state index contributed by atoms with van der Waals surface area (Å²) in [5.74, 6) is 6.13. The van der Waals surface area contributed by atoms with Gasteiger partial charge >= 0.3 is 0 Å². The Hall–Kier alpha value is -1.11. The van der Waals surface area contributed by atoms with Gasteiger partial charge in [-0.1, -0.05) is 18.1 Å². The molecular weight excluding hydrogens is 228 g/mol. The number of ether oxygens (including phenoxy) is 2. The fraction of sp³-hybridized carbons (Fsp3) is 0.667. The molecule has 2 unspecified atom stereocenters. The van der Waals surface area contributed by atoms with Crippen LogP contribution >= 0.6 is 0 Å². The van der Waals surface area contributed by atoms with Crippen LogP contribution in [0.4, 0.5) is 0 Å². The summed E-state index contributed by atoms with van der Waals surface area (Å²) in [7, 11) is 1.60. The highest BCUT2D eigenvalue weighted by Gasteiger charge is 2.13. The van der Waals surface area contributed by atoms with Crippen molar-refractivity contribution in [2.45, 2.75) is 45.1 Å². The number of hydrogen-bond donors (Lipinski definition) is 0. The number of carbonyl (C=O) groups is 1. The molecule has 0 saturated heterocycles. The summed E-state index contributed by atoms with van der Waals surface area (Å²) in [5.41, 5.74) is 0. The molecule has 0 radical (unpaired) electrons. The predicted molar refractivity (Wildman–Crippen MR) is 70.9 cm³/mol. The van der Waals surface area contributed by atoms with Crippen LogP contribution in [-0.4, -0.2) is 25.8 Å². The minimum absolute atomic E-state index is 0.0338. The topological polar surface area (TPSA) is 35.5 Å².